The standard InChI is InChI=1S/C14H16N4O2/c1-10-16-13(17-20-10)11-2-4-12(5-3-11)14(19)18-8-6-15-7-9-18/h2-5,15H,6-9H2,1H3. The summed E-state index contributed by atoms with van der Waals surface area (Å²) in [5, 5.41) is 7.09. The zero-order chi connectivity index (χ0) is 13.9. The Morgan fingerprint density at radius 2 is 1.95 bits per heavy atom. The summed E-state index contributed by atoms with van der Waals surface area (Å²) in [5.74, 6) is 1.15. The fourth-order valence-corrected chi connectivity index (χ4v) is 2.23. The Balaban J connectivity index is 1.77. The third-order valence-corrected chi connectivity index (χ3v) is 3.32. The van der Waals surface area contributed by atoms with Gasteiger partial charge in [0, 0.05) is 44.2 Å². The number of rotatable bonds is 2. The summed E-state index contributed by atoms with van der Waals surface area (Å²) >= 11 is 0. The number of piperazine rings is 1. The number of hydrogen-bond donors (Lipinski definition) is 1. The van der Waals surface area contributed by atoms with Crippen LogP contribution < -0.4 is 5.32 Å². The fourth-order valence-electron chi connectivity index (χ4n) is 2.23. The van der Waals surface area contributed by atoms with Crippen molar-refractivity contribution >= 4 is 5.91 Å². The Kier molecular flexibility index (Phi) is 3.47. The zero-order valence-electron chi connectivity index (χ0n) is 11.3. The Morgan fingerprint density at radius 3 is 2.55 bits per heavy atom. The molecule has 0 spiro atoms. The molecule has 6 nitrogen and oxygen atoms in total. The van der Waals surface area contributed by atoms with Crippen molar-refractivity contribution in [2.75, 3.05) is 26.2 Å². The van der Waals surface area contributed by atoms with Crippen molar-refractivity contribution < 1.29 is 9.32 Å². The van der Waals surface area contributed by atoms with Gasteiger partial charge in [0.05, 0.1) is 0 Å². The smallest absolute Gasteiger partial charge is 0.253 e. The van der Waals surface area contributed by atoms with Gasteiger partial charge in [0.1, 0.15) is 0 Å². The Morgan fingerprint density at radius 1 is 1.25 bits per heavy atom. The van der Waals surface area contributed by atoms with Gasteiger partial charge in [-0.2, -0.15) is 4.98 Å². The van der Waals surface area contributed by atoms with Gasteiger partial charge in [-0.05, 0) is 12.1 Å². The molecule has 1 amide bonds. The predicted octanol–water partition coefficient (Wildman–Crippen LogP) is 1.09. The molecule has 1 aliphatic heterocycles. The van der Waals surface area contributed by atoms with Crippen molar-refractivity contribution in [1.82, 2.24) is 20.4 Å². The number of nitrogens with one attached hydrogen (secondary N) is 1. The molecule has 1 aromatic carbocycles. The predicted molar refractivity (Wildman–Crippen MR) is 73.2 cm³/mol. The normalized spacial score (nSPS) is 15.3. The molecule has 3 rings (SSSR count). The fraction of sp³-hybridized carbons (Fsp3) is 0.357. The number of hydrogen-bond acceptors (Lipinski definition) is 5. The highest BCUT2D eigenvalue weighted by atomic mass is 16.5. The average Bonchev–Trinajstić information content (AvgIpc) is 2.94. The summed E-state index contributed by atoms with van der Waals surface area (Å²) in [6, 6.07) is 7.32. The molecule has 0 atom stereocenters. The molecule has 6 heteroatoms. The molecule has 20 heavy (non-hydrogen) atoms. The summed E-state index contributed by atoms with van der Waals surface area (Å²) in [6.07, 6.45) is 0. The average molecular weight is 272 g/mol. The Hall–Kier alpha value is -2.21. The van der Waals surface area contributed by atoms with Gasteiger partial charge in [0.2, 0.25) is 11.7 Å². The van der Waals surface area contributed by atoms with Crippen LogP contribution in [0.2, 0.25) is 0 Å². The van der Waals surface area contributed by atoms with Crippen LogP contribution in [-0.4, -0.2) is 47.1 Å². The second-order valence-electron chi connectivity index (χ2n) is 4.76. The summed E-state index contributed by atoms with van der Waals surface area (Å²) < 4.78 is 4.95. The van der Waals surface area contributed by atoms with Gasteiger partial charge in [-0.25, -0.2) is 0 Å². The molecule has 1 aliphatic rings. The van der Waals surface area contributed by atoms with E-state index in [0.717, 1.165) is 31.7 Å². The maximum atomic E-state index is 12.3. The molecule has 1 N–H and O–H groups in total. The van der Waals surface area contributed by atoms with Gasteiger partial charge in [0.15, 0.2) is 0 Å². The second-order valence-corrected chi connectivity index (χ2v) is 4.76. The molecule has 1 aromatic heterocycles. The van der Waals surface area contributed by atoms with Crippen molar-refractivity contribution in [3.63, 3.8) is 0 Å². The molecular weight excluding hydrogens is 256 g/mol. The van der Waals surface area contributed by atoms with Gasteiger partial charge >= 0.3 is 0 Å². The van der Waals surface area contributed by atoms with Crippen LogP contribution in [0.1, 0.15) is 16.2 Å². The van der Waals surface area contributed by atoms with Crippen molar-refractivity contribution in [3.8, 4) is 11.4 Å². The van der Waals surface area contributed by atoms with Crippen LogP contribution in [0.15, 0.2) is 28.8 Å². The van der Waals surface area contributed by atoms with Crippen molar-refractivity contribution in [2.24, 2.45) is 0 Å². The number of aryl methyl sites for hydroxylation is 1. The van der Waals surface area contributed by atoms with Crippen LogP contribution in [0.4, 0.5) is 0 Å². The molecule has 0 radical (unpaired) electrons. The molecule has 0 unspecified atom stereocenters. The van der Waals surface area contributed by atoms with Crippen molar-refractivity contribution in [1.29, 1.82) is 0 Å². The van der Waals surface area contributed by atoms with E-state index in [1.54, 1.807) is 6.92 Å². The molecule has 2 heterocycles. The van der Waals surface area contributed by atoms with Crippen LogP contribution in [0.3, 0.4) is 0 Å². The largest absolute Gasteiger partial charge is 0.339 e. The first-order valence-electron chi connectivity index (χ1n) is 6.65. The topological polar surface area (TPSA) is 71.3 Å². The highest BCUT2D eigenvalue weighted by Gasteiger charge is 2.18. The van der Waals surface area contributed by atoms with Crippen LogP contribution in [0, 0.1) is 6.92 Å². The molecule has 1 fully saturated rings. The lowest BCUT2D eigenvalue weighted by atomic mass is 10.1. The molecule has 104 valence electrons. The van der Waals surface area contributed by atoms with E-state index in [-0.39, 0.29) is 5.91 Å². The summed E-state index contributed by atoms with van der Waals surface area (Å²) in [7, 11) is 0. The van der Waals surface area contributed by atoms with E-state index in [1.807, 2.05) is 29.2 Å². The molecule has 0 saturated carbocycles. The van der Waals surface area contributed by atoms with Gasteiger partial charge in [-0.3, -0.25) is 4.79 Å². The SMILES string of the molecule is Cc1nc(-c2ccc(C(=O)N3CCNCC3)cc2)no1. The highest BCUT2D eigenvalue weighted by molar-refractivity contribution is 5.94. The van der Waals surface area contributed by atoms with E-state index < -0.39 is 0 Å². The number of benzene rings is 1. The zero-order valence-corrected chi connectivity index (χ0v) is 11.3. The third kappa shape index (κ3) is 2.55. The maximum absolute atomic E-state index is 12.3. The first-order valence-corrected chi connectivity index (χ1v) is 6.65. The van der Waals surface area contributed by atoms with Gasteiger partial charge in [-0.15, -0.1) is 0 Å². The lowest BCUT2D eigenvalue weighted by Crippen LogP contribution is -2.46. The van der Waals surface area contributed by atoms with Gasteiger partial charge < -0.3 is 14.7 Å². The Bertz CT molecular complexity index is 600. The van der Waals surface area contributed by atoms with E-state index in [0.29, 0.717) is 17.3 Å². The van der Waals surface area contributed by atoms with E-state index in [9.17, 15) is 4.79 Å². The first-order chi connectivity index (χ1) is 9.74. The molecule has 0 bridgehead atoms. The summed E-state index contributed by atoms with van der Waals surface area (Å²) in [5.41, 5.74) is 1.54. The number of amides is 1. The first kappa shape index (κ1) is 12.8. The van der Waals surface area contributed by atoms with Gasteiger partial charge in [-0.1, -0.05) is 17.3 Å². The molecule has 2 aromatic rings. The monoisotopic (exact) mass is 272 g/mol. The third-order valence-electron chi connectivity index (χ3n) is 3.32. The van der Waals surface area contributed by atoms with E-state index in [4.69, 9.17) is 4.52 Å². The molecule has 0 aliphatic carbocycles. The minimum Gasteiger partial charge on any atom is -0.339 e. The van der Waals surface area contributed by atoms with Crippen molar-refractivity contribution in [2.45, 2.75) is 6.92 Å². The number of aromatic nitrogens is 2. The molecule has 1 saturated heterocycles. The van der Waals surface area contributed by atoms with Crippen molar-refractivity contribution in [3.05, 3.63) is 35.7 Å². The second kappa shape index (κ2) is 5.42. The maximum Gasteiger partial charge on any atom is 0.253 e. The lowest BCUT2D eigenvalue weighted by Gasteiger charge is -2.27. The minimum absolute atomic E-state index is 0.0716. The quantitative estimate of drug-likeness (QED) is 0.886. The minimum atomic E-state index is 0.0716. The number of carbonyl (C=O) groups is 1. The summed E-state index contributed by atoms with van der Waals surface area (Å²) in [6.45, 7) is 4.96. The van der Waals surface area contributed by atoms with E-state index >= 15 is 0 Å². The Labute approximate surface area is 116 Å². The van der Waals surface area contributed by atoms with E-state index in [2.05, 4.69) is 15.5 Å². The van der Waals surface area contributed by atoms with Crippen LogP contribution in [0.25, 0.3) is 11.4 Å². The lowest BCUT2D eigenvalue weighted by molar-refractivity contribution is 0.0736. The van der Waals surface area contributed by atoms with Crippen LogP contribution in [0.5, 0.6) is 0 Å². The number of carbonyl (C=O) groups excluding carboxylic acids is 1. The number of nitrogens with zero attached hydrogens (tertiary/aromatic N) is 3. The van der Waals surface area contributed by atoms with Crippen LogP contribution in [-0.2, 0) is 0 Å². The van der Waals surface area contributed by atoms with Crippen LogP contribution >= 0.6 is 0 Å². The summed E-state index contributed by atoms with van der Waals surface area (Å²) in [4.78, 5) is 18.3. The van der Waals surface area contributed by atoms with E-state index in [1.165, 1.54) is 0 Å². The van der Waals surface area contributed by atoms with Gasteiger partial charge in [0.25, 0.3) is 5.91 Å². The molecular formula is C14H16N4O2. The highest BCUT2D eigenvalue weighted by Crippen LogP contribution is 2.17.